The Morgan fingerprint density at radius 3 is 2.91 bits per heavy atom. The first-order valence-electron chi connectivity index (χ1n) is 6.75. The van der Waals surface area contributed by atoms with Gasteiger partial charge in [0.15, 0.2) is 0 Å². The van der Waals surface area contributed by atoms with Gasteiger partial charge in [0.2, 0.25) is 0 Å². The molecule has 0 aliphatic carbocycles. The van der Waals surface area contributed by atoms with Crippen LogP contribution in [-0.4, -0.2) is 25.9 Å². The largest absolute Gasteiger partial charge is 0.344 e. The second kappa shape index (κ2) is 5.80. The summed E-state index contributed by atoms with van der Waals surface area (Å²) in [5, 5.41) is 13.3. The van der Waals surface area contributed by atoms with Gasteiger partial charge in [0, 0.05) is 18.0 Å². The average molecular weight is 299 g/mol. The van der Waals surface area contributed by atoms with Gasteiger partial charge in [-0.15, -0.1) is 0 Å². The van der Waals surface area contributed by atoms with Crippen molar-refractivity contribution in [1.29, 1.82) is 0 Å². The number of benzene rings is 1. The summed E-state index contributed by atoms with van der Waals surface area (Å²) in [7, 11) is 0. The Kier molecular flexibility index (Phi) is 3.69. The average Bonchev–Trinajstić information content (AvgIpc) is 3.19. The molecule has 0 spiro atoms. The molecule has 6 nitrogen and oxygen atoms in total. The Morgan fingerprint density at radius 1 is 1.36 bits per heavy atom. The molecular formula is C15H14FN5O. The van der Waals surface area contributed by atoms with Gasteiger partial charge in [-0.25, -0.2) is 9.07 Å². The van der Waals surface area contributed by atoms with Crippen molar-refractivity contribution in [2.24, 2.45) is 0 Å². The van der Waals surface area contributed by atoms with E-state index >= 15 is 0 Å². The zero-order chi connectivity index (χ0) is 15.5. The van der Waals surface area contributed by atoms with Crippen molar-refractivity contribution in [2.45, 2.75) is 13.0 Å². The van der Waals surface area contributed by atoms with E-state index in [0.717, 1.165) is 5.56 Å². The van der Waals surface area contributed by atoms with Crippen molar-refractivity contribution in [2.75, 3.05) is 0 Å². The predicted octanol–water partition coefficient (Wildman–Crippen LogP) is 2.23. The SMILES string of the molecule is CC(NC(=O)c1ccn[nH]1)c1cnn(-c2ccccc2F)c1. The molecule has 1 atom stereocenters. The summed E-state index contributed by atoms with van der Waals surface area (Å²) in [5.74, 6) is -0.616. The maximum atomic E-state index is 13.7. The minimum atomic E-state index is -0.355. The number of amides is 1. The van der Waals surface area contributed by atoms with Gasteiger partial charge in [0.1, 0.15) is 17.2 Å². The number of para-hydroxylation sites is 1. The predicted molar refractivity (Wildman–Crippen MR) is 78.0 cm³/mol. The van der Waals surface area contributed by atoms with E-state index in [1.807, 2.05) is 6.92 Å². The molecular weight excluding hydrogens is 285 g/mol. The molecule has 0 aliphatic heterocycles. The Bertz CT molecular complexity index is 781. The Labute approximate surface area is 126 Å². The lowest BCUT2D eigenvalue weighted by atomic mass is 10.2. The van der Waals surface area contributed by atoms with E-state index in [2.05, 4.69) is 20.6 Å². The second-order valence-electron chi connectivity index (χ2n) is 4.84. The van der Waals surface area contributed by atoms with Gasteiger partial charge < -0.3 is 5.32 Å². The number of hydrogen-bond donors (Lipinski definition) is 2. The Balaban J connectivity index is 1.76. The van der Waals surface area contributed by atoms with E-state index in [9.17, 15) is 9.18 Å². The molecule has 0 saturated carbocycles. The number of aromatic amines is 1. The molecule has 2 heterocycles. The third-order valence-corrected chi connectivity index (χ3v) is 3.29. The molecule has 3 aromatic rings. The maximum Gasteiger partial charge on any atom is 0.269 e. The quantitative estimate of drug-likeness (QED) is 0.775. The molecule has 0 radical (unpaired) electrons. The van der Waals surface area contributed by atoms with Gasteiger partial charge in [0.25, 0.3) is 5.91 Å². The van der Waals surface area contributed by atoms with Crippen molar-refractivity contribution < 1.29 is 9.18 Å². The van der Waals surface area contributed by atoms with Gasteiger partial charge in [-0.05, 0) is 25.1 Å². The van der Waals surface area contributed by atoms with Gasteiger partial charge in [0.05, 0.1) is 12.2 Å². The molecule has 3 rings (SSSR count). The van der Waals surface area contributed by atoms with E-state index in [1.54, 1.807) is 36.7 Å². The molecule has 0 bridgehead atoms. The molecule has 0 saturated heterocycles. The van der Waals surface area contributed by atoms with E-state index in [-0.39, 0.29) is 17.8 Å². The molecule has 0 fully saturated rings. The van der Waals surface area contributed by atoms with Crippen molar-refractivity contribution in [3.63, 3.8) is 0 Å². The number of halogens is 1. The normalized spacial score (nSPS) is 12.1. The van der Waals surface area contributed by atoms with Crippen LogP contribution in [-0.2, 0) is 0 Å². The summed E-state index contributed by atoms with van der Waals surface area (Å²) in [6, 6.07) is 7.70. The van der Waals surface area contributed by atoms with E-state index in [4.69, 9.17) is 0 Å². The van der Waals surface area contributed by atoms with Crippen LogP contribution in [0.15, 0.2) is 48.9 Å². The van der Waals surface area contributed by atoms with Crippen molar-refractivity contribution in [3.8, 4) is 5.69 Å². The van der Waals surface area contributed by atoms with Gasteiger partial charge >= 0.3 is 0 Å². The van der Waals surface area contributed by atoms with Crippen LogP contribution < -0.4 is 5.32 Å². The Hall–Kier alpha value is -2.96. The second-order valence-corrected chi connectivity index (χ2v) is 4.84. The van der Waals surface area contributed by atoms with Crippen LogP contribution in [0.5, 0.6) is 0 Å². The van der Waals surface area contributed by atoms with Crippen LogP contribution in [0.4, 0.5) is 4.39 Å². The summed E-state index contributed by atoms with van der Waals surface area (Å²) in [6.07, 6.45) is 4.80. The lowest BCUT2D eigenvalue weighted by molar-refractivity contribution is 0.0935. The number of nitrogens with one attached hydrogen (secondary N) is 2. The monoisotopic (exact) mass is 299 g/mol. The highest BCUT2D eigenvalue weighted by atomic mass is 19.1. The first kappa shape index (κ1) is 14.0. The number of aromatic nitrogens is 4. The lowest BCUT2D eigenvalue weighted by Crippen LogP contribution is -2.26. The minimum absolute atomic E-state index is 0.261. The summed E-state index contributed by atoms with van der Waals surface area (Å²) in [6.45, 7) is 1.83. The van der Waals surface area contributed by atoms with E-state index in [0.29, 0.717) is 11.4 Å². The van der Waals surface area contributed by atoms with E-state index < -0.39 is 0 Å². The molecule has 7 heteroatoms. The fourth-order valence-corrected chi connectivity index (χ4v) is 2.07. The molecule has 1 aromatic carbocycles. The van der Waals surface area contributed by atoms with Crippen molar-refractivity contribution in [3.05, 3.63) is 66.0 Å². The number of H-pyrrole nitrogens is 1. The molecule has 2 N–H and O–H groups in total. The minimum Gasteiger partial charge on any atom is -0.344 e. The molecule has 1 amide bonds. The van der Waals surface area contributed by atoms with Gasteiger partial charge in [-0.1, -0.05) is 12.1 Å². The molecule has 0 aliphatic rings. The third kappa shape index (κ3) is 2.73. The highest BCUT2D eigenvalue weighted by molar-refractivity contribution is 5.92. The van der Waals surface area contributed by atoms with Crippen LogP contribution in [0.2, 0.25) is 0 Å². The van der Waals surface area contributed by atoms with Crippen molar-refractivity contribution >= 4 is 5.91 Å². The topological polar surface area (TPSA) is 75.6 Å². The molecule has 2 aromatic heterocycles. The fourth-order valence-electron chi connectivity index (χ4n) is 2.07. The summed E-state index contributed by atoms with van der Waals surface area (Å²) in [4.78, 5) is 12.0. The maximum absolute atomic E-state index is 13.7. The summed E-state index contributed by atoms with van der Waals surface area (Å²) >= 11 is 0. The van der Waals surface area contributed by atoms with Crippen LogP contribution in [0.1, 0.15) is 29.0 Å². The number of carbonyl (C=O) groups excluding carboxylic acids is 1. The summed E-state index contributed by atoms with van der Waals surface area (Å²) < 4.78 is 15.2. The smallest absolute Gasteiger partial charge is 0.269 e. The molecule has 1 unspecified atom stereocenters. The molecule has 22 heavy (non-hydrogen) atoms. The van der Waals surface area contributed by atoms with Crippen molar-refractivity contribution in [1.82, 2.24) is 25.3 Å². The van der Waals surface area contributed by atoms with Crippen LogP contribution in [0.25, 0.3) is 5.69 Å². The first-order valence-corrected chi connectivity index (χ1v) is 6.75. The fraction of sp³-hybridized carbons (Fsp3) is 0.133. The van der Waals surface area contributed by atoms with Gasteiger partial charge in [-0.3, -0.25) is 9.89 Å². The zero-order valence-electron chi connectivity index (χ0n) is 11.8. The van der Waals surface area contributed by atoms with E-state index in [1.165, 1.54) is 16.9 Å². The number of carbonyl (C=O) groups is 1. The summed E-state index contributed by atoms with van der Waals surface area (Å²) in [5.41, 5.74) is 1.52. The molecule has 112 valence electrons. The first-order chi connectivity index (χ1) is 10.6. The van der Waals surface area contributed by atoms with Gasteiger partial charge in [-0.2, -0.15) is 10.2 Å². The third-order valence-electron chi connectivity index (χ3n) is 3.29. The lowest BCUT2D eigenvalue weighted by Gasteiger charge is -2.11. The number of rotatable bonds is 4. The van der Waals surface area contributed by atoms with Crippen LogP contribution >= 0.6 is 0 Å². The number of nitrogens with zero attached hydrogens (tertiary/aromatic N) is 3. The highest BCUT2D eigenvalue weighted by Crippen LogP contribution is 2.16. The zero-order valence-corrected chi connectivity index (χ0v) is 11.8. The van der Waals surface area contributed by atoms with Crippen LogP contribution in [0, 0.1) is 5.82 Å². The Morgan fingerprint density at radius 2 is 2.18 bits per heavy atom. The standard InChI is InChI=1S/C15H14FN5O/c1-10(19-15(22)13-6-7-17-20-13)11-8-18-21(9-11)14-5-3-2-4-12(14)16/h2-10H,1H3,(H,17,20)(H,19,22). The number of hydrogen-bond acceptors (Lipinski definition) is 3. The highest BCUT2D eigenvalue weighted by Gasteiger charge is 2.15. The van der Waals surface area contributed by atoms with Crippen LogP contribution in [0.3, 0.4) is 0 Å².